The van der Waals surface area contributed by atoms with Crippen LogP contribution >= 0.6 is 0 Å². The van der Waals surface area contributed by atoms with Gasteiger partial charge < -0.3 is 5.32 Å². The summed E-state index contributed by atoms with van der Waals surface area (Å²) in [6, 6.07) is 7.12. The number of sulfonamides is 1. The third-order valence-electron chi connectivity index (χ3n) is 6.51. The van der Waals surface area contributed by atoms with E-state index in [1.165, 1.54) is 51.6 Å². The molecule has 2 heterocycles. The van der Waals surface area contributed by atoms with Crippen LogP contribution in [0.1, 0.15) is 44.1 Å². The molecule has 0 amide bonds. The number of benzene rings is 1. The van der Waals surface area contributed by atoms with Gasteiger partial charge in [-0.15, -0.1) is 0 Å². The van der Waals surface area contributed by atoms with Crippen molar-refractivity contribution in [3.05, 3.63) is 29.8 Å². The van der Waals surface area contributed by atoms with Crippen LogP contribution in [0.25, 0.3) is 0 Å². The van der Waals surface area contributed by atoms with Crippen molar-refractivity contribution in [1.29, 1.82) is 0 Å². The van der Waals surface area contributed by atoms with Gasteiger partial charge in [-0.1, -0.05) is 30.5 Å². The van der Waals surface area contributed by atoms with E-state index in [1.807, 2.05) is 19.1 Å². The second kappa shape index (κ2) is 5.82. The molecular formula is C19H28N2O2S. The van der Waals surface area contributed by atoms with Gasteiger partial charge in [0.2, 0.25) is 10.0 Å². The molecule has 24 heavy (non-hydrogen) atoms. The summed E-state index contributed by atoms with van der Waals surface area (Å²) in [4.78, 5) is 0.428. The van der Waals surface area contributed by atoms with Crippen molar-refractivity contribution < 1.29 is 8.42 Å². The molecule has 132 valence electrons. The first kappa shape index (κ1) is 16.6. The Balaban J connectivity index is 0.000000172. The minimum Gasteiger partial charge on any atom is -0.316 e. The van der Waals surface area contributed by atoms with Crippen molar-refractivity contribution in [3.63, 3.8) is 0 Å². The summed E-state index contributed by atoms with van der Waals surface area (Å²) in [6.45, 7) is 6.04. The molecule has 1 aromatic rings. The normalized spacial score (nSPS) is 26.4. The average molecular weight is 349 g/mol. The van der Waals surface area contributed by atoms with Gasteiger partial charge in [-0.05, 0) is 55.6 Å². The van der Waals surface area contributed by atoms with Crippen molar-refractivity contribution in [1.82, 2.24) is 9.62 Å². The zero-order valence-corrected chi connectivity index (χ0v) is 15.4. The molecule has 0 aromatic heterocycles. The van der Waals surface area contributed by atoms with Crippen molar-refractivity contribution >= 4 is 10.0 Å². The number of hydrogen-bond donors (Lipinski definition) is 1. The largest absolute Gasteiger partial charge is 0.316 e. The Labute approximate surface area is 145 Å². The van der Waals surface area contributed by atoms with Gasteiger partial charge in [0.25, 0.3) is 0 Å². The van der Waals surface area contributed by atoms with Crippen LogP contribution in [0.2, 0.25) is 0 Å². The Morgan fingerprint density at radius 3 is 1.79 bits per heavy atom. The first-order valence-corrected chi connectivity index (χ1v) is 10.6. The SMILES string of the molecule is C1CC2(C1)CNC2.Cc1ccc(S(=O)(=O)N2CC3(CCC3)C2)cc1. The monoisotopic (exact) mass is 348 g/mol. The molecule has 0 radical (unpaired) electrons. The molecule has 4 aliphatic rings. The van der Waals surface area contributed by atoms with E-state index in [0.717, 1.165) is 24.1 Å². The van der Waals surface area contributed by atoms with Crippen molar-refractivity contribution in [2.24, 2.45) is 10.8 Å². The van der Waals surface area contributed by atoms with Crippen LogP contribution in [0, 0.1) is 17.8 Å². The summed E-state index contributed by atoms with van der Waals surface area (Å²) in [5.41, 5.74) is 2.26. The lowest BCUT2D eigenvalue weighted by atomic mass is 9.65. The Bertz CT molecular complexity index is 676. The van der Waals surface area contributed by atoms with Crippen molar-refractivity contribution in [3.8, 4) is 0 Å². The second-order valence-electron chi connectivity index (χ2n) is 8.40. The van der Waals surface area contributed by atoms with Crippen LogP contribution in [0.5, 0.6) is 0 Å². The van der Waals surface area contributed by atoms with Crippen LogP contribution in [-0.2, 0) is 10.0 Å². The summed E-state index contributed by atoms with van der Waals surface area (Å²) in [6.07, 6.45) is 8.15. The maximum Gasteiger partial charge on any atom is 0.243 e. The molecular weight excluding hydrogens is 320 g/mol. The van der Waals surface area contributed by atoms with E-state index in [4.69, 9.17) is 0 Å². The molecule has 0 bridgehead atoms. The lowest BCUT2D eigenvalue weighted by molar-refractivity contribution is -0.00794. The standard InChI is InChI=1S/C13H17NO2S.C6H11N/c1-11-3-5-12(6-4-11)17(15,16)14-9-13(10-14)7-2-8-13;1-2-6(3-1)4-7-5-6/h3-6H,2,7-10H2,1H3;7H,1-5H2. The molecule has 2 aliphatic heterocycles. The summed E-state index contributed by atoms with van der Waals surface area (Å²) in [5.74, 6) is 0. The van der Waals surface area contributed by atoms with Gasteiger partial charge in [-0.25, -0.2) is 8.42 Å². The number of aryl methyl sites for hydroxylation is 1. The van der Waals surface area contributed by atoms with Gasteiger partial charge in [-0.3, -0.25) is 0 Å². The van der Waals surface area contributed by atoms with E-state index in [-0.39, 0.29) is 0 Å². The maximum atomic E-state index is 12.3. The number of nitrogens with one attached hydrogen (secondary N) is 1. The first-order chi connectivity index (χ1) is 11.4. The van der Waals surface area contributed by atoms with E-state index >= 15 is 0 Å². The highest BCUT2D eigenvalue weighted by atomic mass is 32.2. The summed E-state index contributed by atoms with van der Waals surface area (Å²) >= 11 is 0. The third kappa shape index (κ3) is 2.80. The fourth-order valence-corrected chi connectivity index (χ4v) is 5.90. The van der Waals surface area contributed by atoms with Gasteiger partial charge in [0.05, 0.1) is 4.90 Å². The fourth-order valence-electron chi connectivity index (χ4n) is 4.23. The number of rotatable bonds is 2. The van der Waals surface area contributed by atoms with Crippen molar-refractivity contribution in [2.75, 3.05) is 26.2 Å². The molecule has 4 fully saturated rings. The Morgan fingerprint density at radius 1 is 0.917 bits per heavy atom. The highest BCUT2D eigenvalue weighted by Gasteiger charge is 2.51. The van der Waals surface area contributed by atoms with Gasteiger partial charge in [-0.2, -0.15) is 4.31 Å². The average Bonchev–Trinajstić information content (AvgIpc) is 2.32. The number of hydrogen-bond acceptors (Lipinski definition) is 3. The van der Waals surface area contributed by atoms with E-state index < -0.39 is 10.0 Å². The van der Waals surface area contributed by atoms with E-state index in [0.29, 0.717) is 10.3 Å². The Hall–Kier alpha value is -0.910. The zero-order chi connectivity index (χ0) is 16.8. The molecule has 5 rings (SSSR count). The molecule has 4 nitrogen and oxygen atoms in total. The first-order valence-electron chi connectivity index (χ1n) is 9.21. The van der Waals surface area contributed by atoms with Gasteiger partial charge in [0.1, 0.15) is 0 Å². The second-order valence-corrected chi connectivity index (χ2v) is 10.3. The minimum atomic E-state index is -3.23. The lowest BCUT2D eigenvalue weighted by Gasteiger charge is -2.54. The minimum absolute atomic E-state index is 0.345. The van der Waals surface area contributed by atoms with E-state index in [1.54, 1.807) is 16.4 Å². The summed E-state index contributed by atoms with van der Waals surface area (Å²) in [7, 11) is -3.23. The third-order valence-corrected chi connectivity index (χ3v) is 8.32. The molecule has 0 atom stereocenters. The molecule has 1 aromatic carbocycles. The smallest absolute Gasteiger partial charge is 0.243 e. The molecule has 2 spiro atoms. The molecule has 2 aliphatic carbocycles. The van der Waals surface area contributed by atoms with Crippen LogP contribution in [-0.4, -0.2) is 38.9 Å². The van der Waals surface area contributed by atoms with Crippen LogP contribution < -0.4 is 5.32 Å². The predicted molar refractivity (Wildman–Crippen MR) is 95.4 cm³/mol. The highest BCUT2D eigenvalue weighted by Crippen LogP contribution is 2.49. The van der Waals surface area contributed by atoms with E-state index in [9.17, 15) is 8.42 Å². The molecule has 0 unspecified atom stereocenters. The maximum absolute atomic E-state index is 12.3. The van der Waals surface area contributed by atoms with Gasteiger partial charge in [0.15, 0.2) is 0 Å². The highest BCUT2D eigenvalue weighted by molar-refractivity contribution is 7.89. The predicted octanol–water partition coefficient (Wildman–Crippen LogP) is 2.93. The Morgan fingerprint density at radius 2 is 1.46 bits per heavy atom. The molecule has 5 heteroatoms. The van der Waals surface area contributed by atoms with Crippen LogP contribution in [0.3, 0.4) is 0 Å². The lowest BCUT2D eigenvalue weighted by Crippen LogP contribution is -2.61. The van der Waals surface area contributed by atoms with Gasteiger partial charge in [0, 0.05) is 26.2 Å². The molecule has 2 saturated carbocycles. The summed E-state index contributed by atoms with van der Waals surface area (Å²) in [5, 5.41) is 3.30. The summed E-state index contributed by atoms with van der Waals surface area (Å²) < 4.78 is 26.2. The van der Waals surface area contributed by atoms with Crippen molar-refractivity contribution in [2.45, 2.75) is 50.3 Å². The quantitative estimate of drug-likeness (QED) is 0.894. The number of nitrogens with zero attached hydrogens (tertiary/aromatic N) is 1. The molecule has 1 N–H and O–H groups in total. The topological polar surface area (TPSA) is 49.4 Å². The van der Waals surface area contributed by atoms with Crippen LogP contribution in [0.4, 0.5) is 0 Å². The van der Waals surface area contributed by atoms with E-state index in [2.05, 4.69) is 5.32 Å². The molecule has 2 saturated heterocycles. The fraction of sp³-hybridized carbons (Fsp3) is 0.684. The Kier molecular flexibility index (Phi) is 4.01. The zero-order valence-electron chi connectivity index (χ0n) is 14.6. The van der Waals surface area contributed by atoms with Gasteiger partial charge >= 0.3 is 0 Å². The van der Waals surface area contributed by atoms with Crippen LogP contribution in [0.15, 0.2) is 29.2 Å².